The van der Waals surface area contributed by atoms with Crippen LogP contribution >= 0.6 is 0 Å². The normalized spacial score (nSPS) is 12.0. The molecule has 2 nitrogen and oxygen atoms in total. The zero-order valence-electron chi connectivity index (χ0n) is 9.04. The van der Waals surface area contributed by atoms with E-state index in [2.05, 4.69) is 35.6 Å². The Bertz CT molecular complexity index is 532. The molecule has 1 N–H and O–H groups in total. The maximum absolute atomic E-state index is 4.36. The number of allylic oxidation sites excluding steroid dienone is 3. The zero-order chi connectivity index (χ0) is 10.8. The summed E-state index contributed by atoms with van der Waals surface area (Å²) >= 11 is 0. The van der Waals surface area contributed by atoms with Crippen molar-refractivity contribution in [3.05, 3.63) is 48.3 Å². The van der Waals surface area contributed by atoms with Crippen molar-refractivity contribution in [1.29, 1.82) is 0 Å². The molecule has 0 aliphatic heterocycles. The molecule has 1 aromatic heterocycles. The quantitative estimate of drug-likeness (QED) is 0.735. The van der Waals surface area contributed by atoms with Gasteiger partial charge in [0.1, 0.15) is 5.82 Å². The van der Waals surface area contributed by atoms with Crippen LogP contribution in [-0.2, 0) is 0 Å². The van der Waals surface area contributed by atoms with Gasteiger partial charge in [0.05, 0.1) is 11.0 Å². The lowest BCUT2D eigenvalue weighted by molar-refractivity contribution is 1.17. The highest BCUT2D eigenvalue weighted by Gasteiger charge is 2.01. The van der Waals surface area contributed by atoms with Crippen molar-refractivity contribution in [1.82, 2.24) is 9.97 Å². The number of hydrogen-bond acceptors (Lipinski definition) is 1. The van der Waals surface area contributed by atoms with Crippen molar-refractivity contribution in [3.63, 3.8) is 0 Å². The molecule has 0 fully saturated rings. The molecule has 2 aromatic rings. The van der Waals surface area contributed by atoms with E-state index in [9.17, 15) is 0 Å². The monoisotopic (exact) mass is 198 g/mol. The Kier molecular flexibility index (Phi) is 2.42. The molecule has 0 saturated carbocycles. The summed E-state index contributed by atoms with van der Waals surface area (Å²) in [6, 6.07) is 6.23. The van der Waals surface area contributed by atoms with Gasteiger partial charge in [0.25, 0.3) is 0 Å². The van der Waals surface area contributed by atoms with Crippen molar-refractivity contribution >= 4 is 16.6 Å². The Labute approximate surface area is 89.4 Å². The maximum Gasteiger partial charge on any atom is 0.104 e. The van der Waals surface area contributed by atoms with Gasteiger partial charge in [-0.05, 0) is 37.1 Å². The molecule has 0 aliphatic carbocycles. The van der Waals surface area contributed by atoms with Crippen LogP contribution in [0.25, 0.3) is 16.6 Å². The van der Waals surface area contributed by atoms with Crippen molar-refractivity contribution < 1.29 is 0 Å². The highest BCUT2D eigenvalue weighted by atomic mass is 14.9. The predicted molar refractivity (Wildman–Crippen MR) is 64.7 cm³/mol. The van der Waals surface area contributed by atoms with Gasteiger partial charge in [0.15, 0.2) is 0 Å². The Morgan fingerprint density at radius 1 is 1.47 bits per heavy atom. The van der Waals surface area contributed by atoms with E-state index in [-0.39, 0.29) is 0 Å². The van der Waals surface area contributed by atoms with E-state index < -0.39 is 0 Å². The number of nitrogens with one attached hydrogen (secondary N) is 1. The standard InChI is InChI=1S/C13H14N2/c1-4-5-9(2)11-6-7-12-13(8-11)15-10(3)14-12/h4-8H,1H2,2-3H3,(H,14,15)/b9-5+. The molecule has 1 heterocycles. The summed E-state index contributed by atoms with van der Waals surface area (Å²) in [4.78, 5) is 7.60. The summed E-state index contributed by atoms with van der Waals surface area (Å²) < 4.78 is 0. The first-order valence-corrected chi connectivity index (χ1v) is 4.97. The second-order valence-corrected chi connectivity index (χ2v) is 3.64. The number of aryl methyl sites for hydroxylation is 1. The lowest BCUT2D eigenvalue weighted by atomic mass is 10.1. The molecule has 0 amide bonds. The van der Waals surface area contributed by atoms with Crippen LogP contribution in [0.2, 0.25) is 0 Å². The molecule has 15 heavy (non-hydrogen) atoms. The van der Waals surface area contributed by atoms with Gasteiger partial charge in [-0.15, -0.1) is 0 Å². The molecule has 0 radical (unpaired) electrons. The molecule has 0 saturated heterocycles. The minimum absolute atomic E-state index is 0.951. The number of hydrogen-bond donors (Lipinski definition) is 1. The second kappa shape index (κ2) is 3.73. The van der Waals surface area contributed by atoms with E-state index in [1.165, 1.54) is 11.1 Å². The minimum Gasteiger partial charge on any atom is -0.342 e. The van der Waals surface area contributed by atoms with Crippen LogP contribution < -0.4 is 0 Å². The molecular formula is C13H14N2. The average Bonchev–Trinajstić information content (AvgIpc) is 2.57. The Morgan fingerprint density at radius 2 is 2.27 bits per heavy atom. The number of benzene rings is 1. The molecular weight excluding hydrogens is 184 g/mol. The number of imidazole rings is 1. The fourth-order valence-corrected chi connectivity index (χ4v) is 1.66. The molecule has 0 bridgehead atoms. The van der Waals surface area contributed by atoms with Crippen LogP contribution in [0.15, 0.2) is 36.9 Å². The molecule has 0 spiro atoms. The van der Waals surface area contributed by atoms with E-state index in [0.29, 0.717) is 0 Å². The van der Waals surface area contributed by atoms with Gasteiger partial charge < -0.3 is 4.98 Å². The van der Waals surface area contributed by atoms with Gasteiger partial charge >= 0.3 is 0 Å². The number of fused-ring (bicyclic) bond motifs is 1. The summed E-state index contributed by atoms with van der Waals surface area (Å²) in [6.45, 7) is 7.74. The Balaban J connectivity index is 2.55. The van der Waals surface area contributed by atoms with Gasteiger partial charge in [0.2, 0.25) is 0 Å². The summed E-state index contributed by atoms with van der Waals surface area (Å²) in [5.41, 5.74) is 4.51. The molecule has 0 aliphatic rings. The first kappa shape index (κ1) is 9.71. The molecule has 76 valence electrons. The SMILES string of the molecule is C=C/C=C(\C)c1ccc2nc(C)[nH]c2c1. The Morgan fingerprint density at radius 3 is 3.00 bits per heavy atom. The first-order chi connectivity index (χ1) is 7.20. The van der Waals surface area contributed by atoms with Crippen molar-refractivity contribution in [2.75, 3.05) is 0 Å². The van der Waals surface area contributed by atoms with E-state index in [1.807, 2.05) is 19.1 Å². The van der Waals surface area contributed by atoms with Crippen LogP contribution in [0.5, 0.6) is 0 Å². The fourth-order valence-electron chi connectivity index (χ4n) is 1.66. The highest BCUT2D eigenvalue weighted by Crippen LogP contribution is 2.19. The third kappa shape index (κ3) is 1.84. The molecule has 0 unspecified atom stereocenters. The van der Waals surface area contributed by atoms with Gasteiger partial charge in [-0.2, -0.15) is 0 Å². The molecule has 0 atom stereocenters. The lowest BCUT2D eigenvalue weighted by Crippen LogP contribution is -1.79. The summed E-state index contributed by atoms with van der Waals surface area (Å²) in [7, 11) is 0. The third-order valence-electron chi connectivity index (χ3n) is 2.42. The van der Waals surface area contributed by atoms with Gasteiger partial charge in [-0.1, -0.05) is 24.8 Å². The van der Waals surface area contributed by atoms with E-state index >= 15 is 0 Å². The topological polar surface area (TPSA) is 28.7 Å². The van der Waals surface area contributed by atoms with Crippen LogP contribution in [0.4, 0.5) is 0 Å². The van der Waals surface area contributed by atoms with Crippen molar-refractivity contribution in [3.8, 4) is 0 Å². The van der Waals surface area contributed by atoms with Gasteiger partial charge in [0, 0.05) is 0 Å². The van der Waals surface area contributed by atoms with Crippen LogP contribution in [0, 0.1) is 6.92 Å². The highest BCUT2D eigenvalue weighted by molar-refractivity contribution is 5.80. The number of H-pyrrole nitrogens is 1. The molecule has 2 heteroatoms. The molecule has 1 aromatic carbocycles. The van der Waals surface area contributed by atoms with Gasteiger partial charge in [-0.3, -0.25) is 0 Å². The Hall–Kier alpha value is -1.83. The largest absolute Gasteiger partial charge is 0.342 e. The number of rotatable bonds is 2. The van der Waals surface area contributed by atoms with Crippen LogP contribution in [0.1, 0.15) is 18.3 Å². The third-order valence-corrected chi connectivity index (χ3v) is 2.42. The smallest absolute Gasteiger partial charge is 0.104 e. The predicted octanol–water partition coefficient (Wildman–Crippen LogP) is 3.46. The second-order valence-electron chi connectivity index (χ2n) is 3.64. The maximum atomic E-state index is 4.36. The number of aromatic nitrogens is 2. The lowest BCUT2D eigenvalue weighted by Gasteiger charge is -1.99. The summed E-state index contributed by atoms with van der Waals surface area (Å²) in [5, 5.41) is 0. The fraction of sp³-hybridized carbons (Fsp3) is 0.154. The van der Waals surface area contributed by atoms with Gasteiger partial charge in [-0.25, -0.2) is 4.98 Å². The van der Waals surface area contributed by atoms with Crippen molar-refractivity contribution in [2.24, 2.45) is 0 Å². The summed E-state index contributed by atoms with van der Waals surface area (Å²) in [5.74, 6) is 0.951. The first-order valence-electron chi connectivity index (χ1n) is 4.97. The molecule has 2 rings (SSSR count). The minimum atomic E-state index is 0.951. The van der Waals surface area contributed by atoms with E-state index in [4.69, 9.17) is 0 Å². The average molecular weight is 198 g/mol. The number of nitrogens with zero attached hydrogens (tertiary/aromatic N) is 1. The van der Waals surface area contributed by atoms with Crippen LogP contribution in [-0.4, -0.2) is 9.97 Å². The summed E-state index contributed by atoms with van der Waals surface area (Å²) in [6.07, 6.45) is 3.81. The van der Waals surface area contributed by atoms with Crippen LogP contribution in [0.3, 0.4) is 0 Å². The number of aromatic amines is 1. The van der Waals surface area contributed by atoms with E-state index in [0.717, 1.165) is 16.9 Å². The van der Waals surface area contributed by atoms with E-state index in [1.54, 1.807) is 6.08 Å². The zero-order valence-corrected chi connectivity index (χ0v) is 9.04. The van der Waals surface area contributed by atoms with Crippen molar-refractivity contribution in [2.45, 2.75) is 13.8 Å².